The fourth-order valence-corrected chi connectivity index (χ4v) is 3.39. The maximum atomic E-state index is 5.96. The van der Waals surface area contributed by atoms with E-state index in [-0.39, 0.29) is 0 Å². The molecular weight excluding hydrogens is 324 g/mol. The van der Waals surface area contributed by atoms with Gasteiger partial charge >= 0.3 is 0 Å². The van der Waals surface area contributed by atoms with E-state index in [1.807, 2.05) is 35.1 Å². The van der Waals surface area contributed by atoms with E-state index in [1.54, 1.807) is 12.7 Å². The summed E-state index contributed by atoms with van der Waals surface area (Å²) in [6.07, 6.45) is 7.57. The number of hydrogen-bond acceptors (Lipinski definition) is 4. The topological polar surface area (TPSA) is 62.6 Å². The minimum absolute atomic E-state index is 0.342. The van der Waals surface area contributed by atoms with E-state index in [2.05, 4.69) is 25.0 Å². The van der Waals surface area contributed by atoms with E-state index in [4.69, 9.17) is 11.6 Å². The fraction of sp³-hybridized carbons (Fsp3) is 0.353. The second-order valence-electron chi connectivity index (χ2n) is 6.04. The first-order valence-corrected chi connectivity index (χ1v) is 8.55. The van der Waals surface area contributed by atoms with E-state index >= 15 is 0 Å². The third-order valence-corrected chi connectivity index (χ3v) is 4.76. The van der Waals surface area contributed by atoms with Crippen molar-refractivity contribution in [2.75, 3.05) is 13.1 Å². The van der Waals surface area contributed by atoms with Crippen molar-refractivity contribution in [3.63, 3.8) is 0 Å². The van der Waals surface area contributed by atoms with Gasteiger partial charge in [-0.1, -0.05) is 23.7 Å². The second-order valence-corrected chi connectivity index (χ2v) is 6.48. The summed E-state index contributed by atoms with van der Waals surface area (Å²) in [7, 11) is 0. The number of nitrogens with zero attached hydrogens (tertiary/aromatic N) is 5. The normalized spacial score (nSPS) is 18.3. The lowest BCUT2D eigenvalue weighted by atomic mass is 10.2. The monoisotopic (exact) mass is 342 g/mol. The summed E-state index contributed by atoms with van der Waals surface area (Å²) in [5.74, 6) is 1.04. The van der Waals surface area contributed by atoms with E-state index in [9.17, 15) is 0 Å². The third-order valence-electron chi connectivity index (χ3n) is 4.51. The number of rotatable bonds is 5. The minimum Gasteiger partial charge on any atom is -0.341 e. The van der Waals surface area contributed by atoms with Crippen LogP contribution in [-0.4, -0.2) is 42.7 Å². The molecule has 2 aromatic heterocycles. The van der Waals surface area contributed by atoms with Gasteiger partial charge in [0.2, 0.25) is 0 Å². The first kappa shape index (κ1) is 15.4. The lowest BCUT2D eigenvalue weighted by Crippen LogP contribution is -2.28. The average molecular weight is 343 g/mol. The van der Waals surface area contributed by atoms with E-state index in [0.717, 1.165) is 48.2 Å². The fourth-order valence-electron chi connectivity index (χ4n) is 3.26. The Hall–Kier alpha value is -2.18. The Morgan fingerprint density at radius 3 is 2.88 bits per heavy atom. The number of halogens is 1. The summed E-state index contributed by atoms with van der Waals surface area (Å²) < 4.78 is 1.87. The molecule has 3 aromatic rings. The Morgan fingerprint density at radius 2 is 2.08 bits per heavy atom. The lowest BCUT2D eigenvalue weighted by Gasteiger charge is -2.22. The van der Waals surface area contributed by atoms with Crippen molar-refractivity contribution in [2.45, 2.75) is 25.4 Å². The van der Waals surface area contributed by atoms with Crippen LogP contribution in [0.1, 0.15) is 24.7 Å². The van der Waals surface area contributed by atoms with Gasteiger partial charge in [-0.3, -0.25) is 9.58 Å². The summed E-state index contributed by atoms with van der Waals surface area (Å²) in [6, 6.07) is 8.16. The van der Waals surface area contributed by atoms with Gasteiger partial charge in [-0.15, -0.1) is 0 Å². The molecule has 124 valence electrons. The highest BCUT2D eigenvalue weighted by Crippen LogP contribution is 2.31. The molecule has 0 saturated carbocycles. The van der Waals surface area contributed by atoms with E-state index < -0.39 is 0 Å². The summed E-state index contributed by atoms with van der Waals surface area (Å²) in [6.45, 7) is 2.89. The Bertz CT molecular complexity index is 780. The average Bonchev–Trinajstić information content (AvgIpc) is 3.34. The van der Waals surface area contributed by atoms with Crippen LogP contribution in [0.3, 0.4) is 0 Å². The number of likely N-dealkylation sites (tertiary alicyclic amines) is 1. The zero-order valence-electron chi connectivity index (χ0n) is 13.3. The third kappa shape index (κ3) is 3.20. The maximum absolute atomic E-state index is 5.96. The van der Waals surface area contributed by atoms with Gasteiger partial charge in [0.15, 0.2) is 0 Å². The maximum Gasteiger partial charge on any atom is 0.137 e. The molecule has 6 nitrogen and oxygen atoms in total. The van der Waals surface area contributed by atoms with Gasteiger partial charge in [-0.05, 0) is 37.1 Å². The Labute approximate surface area is 145 Å². The standard InChI is InChI=1S/C17H19ClN6/c18-14-5-3-13(4-6-14)15-10-20-17(22-15)16-2-1-7-23(16)8-9-24-12-19-11-21-24/h3-6,10-12,16H,1-2,7-9H2,(H,20,22). The van der Waals surface area contributed by atoms with Crippen LogP contribution < -0.4 is 0 Å². The van der Waals surface area contributed by atoms with Crippen LogP contribution in [0.15, 0.2) is 43.1 Å². The predicted molar refractivity (Wildman–Crippen MR) is 92.6 cm³/mol. The summed E-state index contributed by atoms with van der Waals surface area (Å²) in [5.41, 5.74) is 2.13. The Balaban J connectivity index is 1.47. The number of nitrogens with one attached hydrogen (secondary N) is 1. The molecule has 1 aliphatic rings. The molecule has 24 heavy (non-hydrogen) atoms. The first-order chi connectivity index (χ1) is 11.8. The number of benzene rings is 1. The zero-order valence-corrected chi connectivity index (χ0v) is 14.0. The van der Waals surface area contributed by atoms with E-state index in [1.165, 1.54) is 6.42 Å². The van der Waals surface area contributed by atoms with Crippen LogP contribution in [0.25, 0.3) is 11.3 Å². The number of H-pyrrole nitrogens is 1. The van der Waals surface area contributed by atoms with Gasteiger partial charge in [0, 0.05) is 11.6 Å². The number of aromatic amines is 1. The zero-order chi connectivity index (χ0) is 16.4. The molecule has 1 atom stereocenters. The highest BCUT2D eigenvalue weighted by molar-refractivity contribution is 6.30. The SMILES string of the molecule is Clc1ccc(-c2cnc(C3CCCN3CCn3cncn3)[nH]2)cc1. The summed E-state index contributed by atoms with van der Waals surface area (Å²) in [4.78, 5) is 14.6. The first-order valence-electron chi connectivity index (χ1n) is 8.17. The molecule has 0 spiro atoms. The molecule has 0 bridgehead atoms. The quantitative estimate of drug-likeness (QED) is 0.773. The van der Waals surface area contributed by atoms with Crippen LogP contribution in [0.5, 0.6) is 0 Å². The number of hydrogen-bond donors (Lipinski definition) is 1. The van der Waals surface area contributed by atoms with Crippen LogP contribution >= 0.6 is 11.6 Å². The van der Waals surface area contributed by atoms with Crippen molar-refractivity contribution in [3.8, 4) is 11.3 Å². The van der Waals surface area contributed by atoms with Crippen molar-refractivity contribution in [1.82, 2.24) is 29.6 Å². The molecule has 7 heteroatoms. The van der Waals surface area contributed by atoms with Crippen molar-refractivity contribution in [2.24, 2.45) is 0 Å². The minimum atomic E-state index is 0.342. The molecule has 3 heterocycles. The molecule has 1 fully saturated rings. The van der Waals surface area contributed by atoms with Gasteiger partial charge in [0.05, 0.1) is 24.5 Å². The Kier molecular flexibility index (Phi) is 4.32. The molecule has 0 aliphatic carbocycles. The highest BCUT2D eigenvalue weighted by Gasteiger charge is 2.28. The molecule has 1 unspecified atom stereocenters. The molecule has 1 aliphatic heterocycles. The van der Waals surface area contributed by atoms with Crippen LogP contribution in [0.4, 0.5) is 0 Å². The van der Waals surface area contributed by atoms with Crippen LogP contribution in [0, 0.1) is 0 Å². The smallest absolute Gasteiger partial charge is 0.137 e. The van der Waals surface area contributed by atoms with Crippen LogP contribution in [-0.2, 0) is 6.54 Å². The van der Waals surface area contributed by atoms with E-state index in [0.29, 0.717) is 6.04 Å². The summed E-state index contributed by atoms with van der Waals surface area (Å²) >= 11 is 5.96. The molecular formula is C17H19ClN6. The van der Waals surface area contributed by atoms with Gasteiger partial charge in [0.1, 0.15) is 18.5 Å². The highest BCUT2D eigenvalue weighted by atomic mass is 35.5. The molecule has 0 radical (unpaired) electrons. The molecule has 0 amide bonds. The van der Waals surface area contributed by atoms with Crippen LogP contribution in [0.2, 0.25) is 5.02 Å². The van der Waals surface area contributed by atoms with Crippen molar-refractivity contribution >= 4 is 11.6 Å². The van der Waals surface area contributed by atoms with Gasteiger partial charge in [-0.25, -0.2) is 9.97 Å². The van der Waals surface area contributed by atoms with Gasteiger partial charge in [0.25, 0.3) is 0 Å². The lowest BCUT2D eigenvalue weighted by molar-refractivity contribution is 0.236. The summed E-state index contributed by atoms with van der Waals surface area (Å²) in [5, 5.41) is 4.91. The number of aromatic nitrogens is 5. The largest absolute Gasteiger partial charge is 0.341 e. The van der Waals surface area contributed by atoms with Crippen molar-refractivity contribution in [3.05, 3.63) is 54.0 Å². The second kappa shape index (κ2) is 6.75. The van der Waals surface area contributed by atoms with Crippen molar-refractivity contribution in [1.29, 1.82) is 0 Å². The molecule has 4 rings (SSSR count). The molecule has 1 aromatic carbocycles. The van der Waals surface area contributed by atoms with Gasteiger partial charge < -0.3 is 4.98 Å². The predicted octanol–water partition coefficient (Wildman–Crippen LogP) is 3.16. The molecule has 1 saturated heterocycles. The van der Waals surface area contributed by atoms with Crippen molar-refractivity contribution < 1.29 is 0 Å². The van der Waals surface area contributed by atoms with Gasteiger partial charge in [-0.2, -0.15) is 5.10 Å². The number of imidazole rings is 1. The Morgan fingerprint density at radius 1 is 1.21 bits per heavy atom. The molecule has 1 N–H and O–H groups in total.